The summed E-state index contributed by atoms with van der Waals surface area (Å²) in [5.41, 5.74) is 5.09. The third-order valence-corrected chi connectivity index (χ3v) is 4.22. The molecule has 118 valence electrons. The van der Waals surface area contributed by atoms with E-state index >= 15 is 0 Å². The molecule has 0 saturated heterocycles. The van der Waals surface area contributed by atoms with Crippen LogP contribution in [0.15, 0.2) is 12.6 Å². The lowest BCUT2D eigenvalue weighted by Crippen LogP contribution is -2.03. The fraction of sp³-hybridized carbons (Fsp3) is 0.600. The molecule has 0 aliphatic heterocycles. The highest BCUT2D eigenvalue weighted by Crippen LogP contribution is 2.32. The number of aryl methyl sites for hydroxylation is 1. The van der Waals surface area contributed by atoms with Crippen LogP contribution in [-0.4, -0.2) is 5.11 Å². The van der Waals surface area contributed by atoms with E-state index in [1.165, 1.54) is 42.4 Å². The van der Waals surface area contributed by atoms with Crippen LogP contribution in [0.5, 0.6) is 5.75 Å². The Morgan fingerprint density at radius 3 is 1.95 bits per heavy atom. The summed E-state index contributed by atoms with van der Waals surface area (Å²) in [5.74, 6) is 0.477. The fourth-order valence-electron chi connectivity index (χ4n) is 2.93. The lowest BCUT2D eigenvalue weighted by atomic mass is 9.87. The SMILES string of the molecule is C=Cc1c(CCCC)c(O)cc(CCCC)c1CCCC. The zero-order valence-corrected chi connectivity index (χ0v) is 14.2. The molecule has 0 saturated carbocycles. The molecule has 1 aromatic rings. The molecule has 1 rings (SSSR count). The molecule has 0 aliphatic carbocycles. The third kappa shape index (κ3) is 4.91. The Bertz CT molecular complexity index is 446. The predicted molar refractivity (Wildman–Crippen MR) is 94.0 cm³/mol. The second-order valence-electron chi connectivity index (χ2n) is 5.94. The summed E-state index contributed by atoms with van der Waals surface area (Å²) in [4.78, 5) is 0. The van der Waals surface area contributed by atoms with Gasteiger partial charge in [0.1, 0.15) is 5.75 Å². The lowest BCUT2D eigenvalue weighted by molar-refractivity contribution is 0.465. The number of phenolic OH excluding ortho intramolecular Hbond substituents is 1. The second-order valence-corrected chi connectivity index (χ2v) is 5.94. The van der Waals surface area contributed by atoms with Crippen LogP contribution in [0, 0.1) is 0 Å². The fourth-order valence-corrected chi connectivity index (χ4v) is 2.93. The largest absolute Gasteiger partial charge is 0.508 e. The minimum atomic E-state index is 0.477. The third-order valence-electron chi connectivity index (χ3n) is 4.22. The van der Waals surface area contributed by atoms with Crippen molar-refractivity contribution < 1.29 is 5.11 Å². The second kappa shape index (κ2) is 9.65. The summed E-state index contributed by atoms with van der Waals surface area (Å²) in [6.45, 7) is 10.7. The topological polar surface area (TPSA) is 20.2 Å². The van der Waals surface area contributed by atoms with Crippen LogP contribution in [0.4, 0.5) is 0 Å². The van der Waals surface area contributed by atoms with Gasteiger partial charge in [-0.2, -0.15) is 0 Å². The molecule has 0 heterocycles. The van der Waals surface area contributed by atoms with Gasteiger partial charge < -0.3 is 5.11 Å². The van der Waals surface area contributed by atoms with Gasteiger partial charge in [0.2, 0.25) is 0 Å². The smallest absolute Gasteiger partial charge is 0.119 e. The van der Waals surface area contributed by atoms with Gasteiger partial charge in [-0.15, -0.1) is 0 Å². The average Bonchev–Trinajstić information content (AvgIpc) is 2.49. The van der Waals surface area contributed by atoms with Crippen molar-refractivity contribution in [2.75, 3.05) is 0 Å². The quantitative estimate of drug-likeness (QED) is 0.554. The van der Waals surface area contributed by atoms with Crippen molar-refractivity contribution in [2.45, 2.75) is 78.6 Å². The van der Waals surface area contributed by atoms with Gasteiger partial charge in [0.25, 0.3) is 0 Å². The van der Waals surface area contributed by atoms with E-state index in [2.05, 4.69) is 27.4 Å². The molecule has 1 N–H and O–H groups in total. The zero-order chi connectivity index (χ0) is 15.7. The number of aromatic hydroxyl groups is 1. The highest BCUT2D eigenvalue weighted by Gasteiger charge is 2.15. The predicted octanol–water partition coefficient (Wildman–Crippen LogP) is 6.06. The summed E-state index contributed by atoms with van der Waals surface area (Å²) in [7, 11) is 0. The van der Waals surface area contributed by atoms with Gasteiger partial charge in [-0.3, -0.25) is 0 Å². The molecular formula is C20H32O. The van der Waals surface area contributed by atoms with Gasteiger partial charge in [-0.25, -0.2) is 0 Å². The normalized spacial score (nSPS) is 10.8. The van der Waals surface area contributed by atoms with Crippen LogP contribution in [0.25, 0.3) is 6.08 Å². The van der Waals surface area contributed by atoms with E-state index in [1.54, 1.807) is 0 Å². The summed E-state index contributed by atoms with van der Waals surface area (Å²) >= 11 is 0. The van der Waals surface area contributed by atoms with Crippen molar-refractivity contribution in [3.05, 3.63) is 34.9 Å². The van der Waals surface area contributed by atoms with E-state index in [0.29, 0.717) is 5.75 Å². The minimum Gasteiger partial charge on any atom is -0.508 e. The van der Waals surface area contributed by atoms with Crippen LogP contribution >= 0.6 is 0 Å². The Hall–Kier alpha value is -1.24. The van der Waals surface area contributed by atoms with E-state index in [9.17, 15) is 5.11 Å². The molecule has 0 amide bonds. The number of unbranched alkanes of at least 4 members (excludes halogenated alkanes) is 3. The van der Waals surface area contributed by atoms with E-state index in [0.717, 1.165) is 37.7 Å². The Labute approximate surface area is 131 Å². The van der Waals surface area contributed by atoms with E-state index < -0.39 is 0 Å². The van der Waals surface area contributed by atoms with Crippen molar-refractivity contribution in [1.29, 1.82) is 0 Å². The maximum Gasteiger partial charge on any atom is 0.119 e. The number of hydrogen-bond acceptors (Lipinski definition) is 1. The van der Waals surface area contributed by atoms with Crippen LogP contribution in [0.1, 0.15) is 81.5 Å². The highest BCUT2D eigenvalue weighted by atomic mass is 16.3. The number of phenols is 1. The average molecular weight is 288 g/mol. The summed E-state index contributed by atoms with van der Waals surface area (Å²) in [6, 6.07) is 2.03. The summed E-state index contributed by atoms with van der Waals surface area (Å²) < 4.78 is 0. The van der Waals surface area contributed by atoms with Crippen molar-refractivity contribution in [1.82, 2.24) is 0 Å². The van der Waals surface area contributed by atoms with Crippen molar-refractivity contribution in [2.24, 2.45) is 0 Å². The standard InChI is InChI=1S/C20H32O/c1-5-9-12-16-15-20(21)19(14-11-7-3)17(8-4)18(16)13-10-6-2/h8,15,21H,4-7,9-14H2,1-3H3. The number of hydrogen-bond donors (Lipinski definition) is 1. The maximum absolute atomic E-state index is 10.4. The molecule has 21 heavy (non-hydrogen) atoms. The van der Waals surface area contributed by atoms with E-state index in [4.69, 9.17) is 0 Å². The van der Waals surface area contributed by atoms with Crippen LogP contribution in [-0.2, 0) is 19.3 Å². The molecule has 0 fully saturated rings. The highest BCUT2D eigenvalue weighted by molar-refractivity contribution is 5.63. The first-order chi connectivity index (χ1) is 10.2. The van der Waals surface area contributed by atoms with Gasteiger partial charge in [-0.1, -0.05) is 52.7 Å². The van der Waals surface area contributed by atoms with Crippen LogP contribution in [0.3, 0.4) is 0 Å². The molecule has 1 heteroatoms. The molecule has 1 aromatic carbocycles. The Morgan fingerprint density at radius 1 is 0.905 bits per heavy atom. The molecule has 0 unspecified atom stereocenters. The molecule has 1 nitrogen and oxygen atoms in total. The molecular weight excluding hydrogens is 256 g/mol. The van der Waals surface area contributed by atoms with Gasteiger partial charge >= 0.3 is 0 Å². The maximum atomic E-state index is 10.4. The van der Waals surface area contributed by atoms with Crippen molar-refractivity contribution >= 4 is 6.08 Å². The van der Waals surface area contributed by atoms with Gasteiger partial charge in [0.15, 0.2) is 0 Å². The molecule has 0 atom stereocenters. The molecule has 0 aliphatic rings. The van der Waals surface area contributed by atoms with Gasteiger partial charge in [0, 0.05) is 5.56 Å². The molecule has 0 bridgehead atoms. The number of rotatable bonds is 10. The van der Waals surface area contributed by atoms with E-state index in [1.807, 2.05) is 12.1 Å². The summed E-state index contributed by atoms with van der Waals surface area (Å²) in [6.07, 6.45) is 12.1. The van der Waals surface area contributed by atoms with Gasteiger partial charge in [0.05, 0.1) is 0 Å². The minimum absolute atomic E-state index is 0.477. The first kappa shape index (κ1) is 17.8. The van der Waals surface area contributed by atoms with Crippen LogP contribution in [0.2, 0.25) is 0 Å². The Morgan fingerprint density at radius 2 is 1.43 bits per heavy atom. The zero-order valence-electron chi connectivity index (χ0n) is 14.2. The monoisotopic (exact) mass is 288 g/mol. The van der Waals surface area contributed by atoms with Crippen molar-refractivity contribution in [3.63, 3.8) is 0 Å². The van der Waals surface area contributed by atoms with E-state index in [-0.39, 0.29) is 0 Å². The van der Waals surface area contributed by atoms with Crippen LogP contribution < -0.4 is 0 Å². The first-order valence-electron chi connectivity index (χ1n) is 8.68. The molecule has 0 spiro atoms. The lowest BCUT2D eigenvalue weighted by Gasteiger charge is -2.18. The Balaban J connectivity index is 3.24. The number of benzene rings is 1. The molecule has 0 radical (unpaired) electrons. The van der Waals surface area contributed by atoms with Gasteiger partial charge in [-0.05, 0) is 61.3 Å². The molecule has 0 aromatic heterocycles. The Kier molecular flexibility index (Phi) is 8.19. The van der Waals surface area contributed by atoms with Crippen molar-refractivity contribution in [3.8, 4) is 5.75 Å². The first-order valence-corrected chi connectivity index (χ1v) is 8.68. The summed E-state index contributed by atoms with van der Waals surface area (Å²) in [5, 5.41) is 10.4.